The molecule has 0 heterocycles. The largest absolute Gasteiger partial charge is 0.505 e. The maximum atomic E-state index is 12.6. The Morgan fingerprint density at radius 1 is 1.42 bits per heavy atom. The summed E-state index contributed by atoms with van der Waals surface area (Å²) >= 11 is 0. The fourth-order valence-electron chi connectivity index (χ4n) is 0.944. The molecule has 0 atom stereocenters. The first kappa shape index (κ1) is 8.93. The van der Waals surface area contributed by atoms with E-state index >= 15 is 0 Å². The van der Waals surface area contributed by atoms with Gasteiger partial charge in [0.1, 0.15) is 5.82 Å². The first-order valence-corrected chi connectivity index (χ1v) is 3.46. The number of phenolic OH excluding ortho intramolecular Hbond substituents is 1. The van der Waals surface area contributed by atoms with Gasteiger partial charge in [-0.15, -0.1) is 0 Å². The Kier molecular flexibility index (Phi) is 2.60. The van der Waals surface area contributed by atoms with Gasteiger partial charge in [0.15, 0.2) is 11.6 Å². The normalized spacial score (nSPS) is 10.2. The molecule has 12 heavy (non-hydrogen) atoms. The van der Waals surface area contributed by atoms with Crippen LogP contribution in [0.1, 0.15) is 5.56 Å². The third-order valence-electron chi connectivity index (χ3n) is 1.47. The van der Waals surface area contributed by atoms with Crippen molar-refractivity contribution < 1.29 is 13.9 Å². The third kappa shape index (κ3) is 1.71. The van der Waals surface area contributed by atoms with Gasteiger partial charge in [-0.05, 0) is 13.1 Å². The molecular weight excluding hydrogens is 164 g/mol. The Labute approximate surface area is 68.8 Å². The van der Waals surface area contributed by atoms with E-state index < -0.39 is 17.4 Å². The fourth-order valence-corrected chi connectivity index (χ4v) is 0.944. The smallest absolute Gasteiger partial charge is 0.168 e. The van der Waals surface area contributed by atoms with E-state index in [4.69, 9.17) is 5.11 Å². The number of halogens is 2. The Bertz CT molecular complexity index is 289. The van der Waals surface area contributed by atoms with Gasteiger partial charge in [-0.25, -0.2) is 8.78 Å². The topological polar surface area (TPSA) is 32.3 Å². The van der Waals surface area contributed by atoms with Gasteiger partial charge in [0.25, 0.3) is 0 Å². The summed E-state index contributed by atoms with van der Waals surface area (Å²) in [6.07, 6.45) is 0. The molecule has 0 bridgehead atoms. The van der Waals surface area contributed by atoms with E-state index in [0.717, 1.165) is 6.07 Å². The zero-order chi connectivity index (χ0) is 9.14. The molecule has 1 rings (SSSR count). The quantitative estimate of drug-likeness (QED) is 0.708. The van der Waals surface area contributed by atoms with Crippen molar-refractivity contribution in [2.45, 2.75) is 6.54 Å². The second-order valence-electron chi connectivity index (χ2n) is 2.43. The highest BCUT2D eigenvalue weighted by Gasteiger charge is 2.08. The van der Waals surface area contributed by atoms with Gasteiger partial charge in [-0.3, -0.25) is 0 Å². The number of phenols is 1. The second-order valence-corrected chi connectivity index (χ2v) is 2.43. The summed E-state index contributed by atoms with van der Waals surface area (Å²) in [5.41, 5.74) is 0.218. The van der Waals surface area contributed by atoms with Crippen molar-refractivity contribution in [2.24, 2.45) is 0 Å². The lowest BCUT2D eigenvalue weighted by atomic mass is 10.2. The van der Waals surface area contributed by atoms with Crippen LogP contribution in [0.3, 0.4) is 0 Å². The van der Waals surface area contributed by atoms with Crippen LogP contribution in [-0.4, -0.2) is 12.2 Å². The molecule has 0 aliphatic carbocycles. The highest BCUT2D eigenvalue weighted by atomic mass is 19.1. The van der Waals surface area contributed by atoms with Crippen LogP contribution in [0.15, 0.2) is 12.1 Å². The van der Waals surface area contributed by atoms with Crippen molar-refractivity contribution >= 4 is 0 Å². The molecule has 0 aliphatic heterocycles. The van der Waals surface area contributed by atoms with E-state index in [0.29, 0.717) is 6.07 Å². The molecule has 0 aliphatic rings. The Morgan fingerprint density at radius 3 is 2.67 bits per heavy atom. The van der Waals surface area contributed by atoms with Crippen LogP contribution in [-0.2, 0) is 6.54 Å². The zero-order valence-corrected chi connectivity index (χ0v) is 6.56. The molecule has 4 heteroatoms. The number of hydrogen-bond acceptors (Lipinski definition) is 2. The van der Waals surface area contributed by atoms with Crippen molar-refractivity contribution in [1.29, 1.82) is 0 Å². The van der Waals surface area contributed by atoms with Crippen molar-refractivity contribution in [3.05, 3.63) is 29.3 Å². The predicted molar refractivity (Wildman–Crippen MR) is 40.8 cm³/mol. The highest BCUT2D eigenvalue weighted by molar-refractivity contribution is 5.34. The maximum absolute atomic E-state index is 12.6. The molecule has 1 aromatic rings. The Hall–Kier alpha value is -1.16. The van der Waals surface area contributed by atoms with E-state index in [9.17, 15) is 8.78 Å². The summed E-state index contributed by atoms with van der Waals surface area (Å²) in [7, 11) is 1.63. The van der Waals surface area contributed by atoms with Gasteiger partial charge in [0.2, 0.25) is 0 Å². The molecule has 2 N–H and O–H groups in total. The second kappa shape index (κ2) is 3.49. The van der Waals surface area contributed by atoms with Gasteiger partial charge in [0.05, 0.1) is 0 Å². The fraction of sp³-hybridized carbons (Fsp3) is 0.250. The van der Waals surface area contributed by atoms with Crippen molar-refractivity contribution in [3.63, 3.8) is 0 Å². The number of nitrogens with one attached hydrogen (secondary N) is 1. The third-order valence-corrected chi connectivity index (χ3v) is 1.47. The minimum atomic E-state index is -0.930. The molecule has 0 aromatic heterocycles. The minimum absolute atomic E-state index is 0.218. The predicted octanol–water partition coefficient (Wildman–Crippen LogP) is 1.39. The highest BCUT2D eigenvalue weighted by Crippen LogP contribution is 2.22. The monoisotopic (exact) mass is 173 g/mol. The Balaban J connectivity index is 3.09. The molecule has 1 aromatic carbocycles. The van der Waals surface area contributed by atoms with Crippen LogP contribution in [0.4, 0.5) is 8.78 Å². The van der Waals surface area contributed by atoms with Crippen LogP contribution >= 0.6 is 0 Å². The average Bonchev–Trinajstić information content (AvgIpc) is 2.00. The van der Waals surface area contributed by atoms with Crippen LogP contribution in [0, 0.1) is 11.6 Å². The molecule has 0 spiro atoms. The number of rotatable bonds is 2. The minimum Gasteiger partial charge on any atom is -0.505 e. The number of benzene rings is 1. The van der Waals surface area contributed by atoms with E-state index in [1.54, 1.807) is 7.05 Å². The lowest BCUT2D eigenvalue weighted by molar-refractivity contribution is 0.419. The summed E-state index contributed by atoms with van der Waals surface area (Å²) in [5, 5.41) is 11.8. The summed E-state index contributed by atoms with van der Waals surface area (Å²) in [6.45, 7) is 0.237. The Morgan fingerprint density at radius 2 is 2.08 bits per heavy atom. The molecule has 0 saturated heterocycles. The molecule has 0 radical (unpaired) electrons. The van der Waals surface area contributed by atoms with Crippen LogP contribution in [0.25, 0.3) is 0 Å². The van der Waals surface area contributed by atoms with Crippen molar-refractivity contribution in [2.75, 3.05) is 7.05 Å². The van der Waals surface area contributed by atoms with Crippen LogP contribution in [0.2, 0.25) is 0 Å². The maximum Gasteiger partial charge on any atom is 0.168 e. The van der Waals surface area contributed by atoms with E-state index in [1.165, 1.54) is 0 Å². The van der Waals surface area contributed by atoms with Gasteiger partial charge in [-0.1, -0.05) is 0 Å². The van der Waals surface area contributed by atoms with Gasteiger partial charge >= 0.3 is 0 Å². The summed E-state index contributed by atoms with van der Waals surface area (Å²) < 4.78 is 25.2. The molecule has 0 amide bonds. The van der Waals surface area contributed by atoms with Crippen LogP contribution < -0.4 is 5.32 Å². The van der Waals surface area contributed by atoms with Gasteiger partial charge in [-0.2, -0.15) is 0 Å². The van der Waals surface area contributed by atoms with Crippen molar-refractivity contribution in [1.82, 2.24) is 5.32 Å². The molecular formula is C8H9F2NO. The molecule has 0 fully saturated rings. The number of hydrogen-bond donors (Lipinski definition) is 2. The van der Waals surface area contributed by atoms with Crippen molar-refractivity contribution in [3.8, 4) is 5.75 Å². The zero-order valence-electron chi connectivity index (χ0n) is 6.56. The SMILES string of the molecule is CNCc1cc(F)cc(F)c1O. The lowest BCUT2D eigenvalue weighted by Crippen LogP contribution is -2.06. The van der Waals surface area contributed by atoms with Gasteiger partial charge < -0.3 is 10.4 Å². The summed E-state index contributed by atoms with van der Waals surface area (Å²) in [4.78, 5) is 0. The number of aromatic hydroxyl groups is 1. The lowest BCUT2D eigenvalue weighted by Gasteiger charge is -2.04. The molecule has 2 nitrogen and oxygen atoms in total. The summed E-state index contributed by atoms with van der Waals surface area (Å²) in [6, 6.07) is 1.74. The van der Waals surface area contributed by atoms with Gasteiger partial charge in [0, 0.05) is 18.2 Å². The standard InChI is InChI=1S/C8H9F2NO/c1-11-4-5-2-6(9)3-7(10)8(5)12/h2-3,11-12H,4H2,1H3. The molecule has 66 valence electrons. The molecule has 0 saturated carbocycles. The molecule has 0 unspecified atom stereocenters. The first-order valence-electron chi connectivity index (χ1n) is 3.46. The first-order chi connectivity index (χ1) is 5.65. The summed E-state index contributed by atoms with van der Waals surface area (Å²) in [5.74, 6) is -2.11. The average molecular weight is 173 g/mol. The van der Waals surface area contributed by atoms with E-state index in [2.05, 4.69) is 5.32 Å². The van der Waals surface area contributed by atoms with E-state index in [-0.39, 0.29) is 12.1 Å². The van der Waals surface area contributed by atoms with E-state index in [1.807, 2.05) is 0 Å². The van der Waals surface area contributed by atoms with Crippen LogP contribution in [0.5, 0.6) is 5.75 Å².